The van der Waals surface area contributed by atoms with Crippen LogP contribution in [0.5, 0.6) is 11.5 Å². The lowest BCUT2D eigenvalue weighted by Gasteiger charge is -2.13. The first-order chi connectivity index (χ1) is 12.7. The van der Waals surface area contributed by atoms with Crippen LogP contribution in [0, 0.1) is 23.3 Å². The van der Waals surface area contributed by atoms with E-state index in [9.17, 15) is 22.4 Å². The molecular weight excluding hydrogens is 412 g/mol. The van der Waals surface area contributed by atoms with Crippen molar-refractivity contribution in [1.29, 1.82) is 0 Å². The molecule has 144 valence electrons. The summed E-state index contributed by atoms with van der Waals surface area (Å²) in [6.45, 7) is 0. The molecule has 0 saturated carbocycles. The number of methoxy groups -OCH3 is 2. The third kappa shape index (κ3) is 4.22. The van der Waals surface area contributed by atoms with Crippen LogP contribution in [0.3, 0.4) is 0 Å². The molecule has 2 aromatic carbocycles. The zero-order valence-electron chi connectivity index (χ0n) is 13.8. The molecule has 1 amide bonds. The summed E-state index contributed by atoms with van der Waals surface area (Å²) < 4.78 is 64.5. The van der Waals surface area contributed by atoms with Gasteiger partial charge in [0.1, 0.15) is 11.3 Å². The topological polar surface area (TPSA) is 59.6 Å². The minimum absolute atomic E-state index is 0.230. The number of thiocarbonyl (C=S) groups is 1. The van der Waals surface area contributed by atoms with Crippen LogP contribution in [-0.2, 0) is 0 Å². The van der Waals surface area contributed by atoms with Gasteiger partial charge in [-0.2, -0.15) is 8.78 Å². The number of rotatable bonds is 4. The zero-order chi connectivity index (χ0) is 20.3. The maximum Gasteiger partial charge on any atom is 0.263 e. The zero-order valence-corrected chi connectivity index (χ0v) is 15.3. The summed E-state index contributed by atoms with van der Waals surface area (Å²) >= 11 is 10.8. The van der Waals surface area contributed by atoms with E-state index in [0.717, 1.165) is 7.11 Å². The van der Waals surface area contributed by atoms with Crippen LogP contribution < -0.4 is 20.1 Å². The molecule has 0 bridgehead atoms. The fourth-order valence-electron chi connectivity index (χ4n) is 2.06. The second kappa shape index (κ2) is 8.40. The second-order valence-corrected chi connectivity index (χ2v) is 5.74. The Labute approximate surface area is 161 Å². The highest BCUT2D eigenvalue weighted by Crippen LogP contribution is 2.30. The lowest BCUT2D eigenvalue weighted by atomic mass is 10.1. The van der Waals surface area contributed by atoms with E-state index >= 15 is 0 Å². The number of anilines is 1. The van der Waals surface area contributed by atoms with Gasteiger partial charge in [0.25, 0.3) is 5.91 Å². The summed E-state index contributed by atoms with van der Waals surface area (Å²) in [5.41, 5.74) is -1.16. The highest BCUT2D eigenvalue weighted by molar-refractivity contribution is 7.80. The maximum atomic E-state index is 13.9. The molecule has 0 unspecified atom stereocenters. The average Bonchev–Trinajstić information content (AvgIpc) is 2.61. The monoisotopic (exact) mass is 422 g/mol. The highest BCUT2D eigenvalue weighted by Gasteiger charge is 2.30. The molecular formula is C16H11ClF4N2O3S. The van der Waals surface area contributed by atoms with Crippen molar-refractivity contribution in [2.75, 3.05) is 19.5 Å². The average molecular weight is 423 g/mol. The molecule has 0 heterocycles. The predicted molar refractivity (Wildman–Crippen MR) is 94.5 cm³/mol. The van der Waals surface area contributed by atoms with E-state index in [0.29, 0.717) is 11.4 Å². The molecule has 27 heavy (non-hydrogen) atoms. The first-order valence-electron chi connectivity index (χ1n) is 7.07. The third-order valence-electron chi connectivity index (χ3n) is 3.29. The quantitative estimate of drug-likeness (QED) is 0.442. The fourth-order valence-corrected chi connectivity index (χ4v) is 2.53. The summed E-state index contributed by atoms with van der Waals surface area (Å²) in [4.78, 5) is 12.0. The normalized spacial score (nSPS) is 10.3. The van der Waals surface area contributed by atoms with Crippen molar-refractivity contribution in [2.45, 2.75) is 0 Å². The van der Waals surface area contributed by atoms with Crippen LogP contribution in [0.1, 0.15) is 10.4 Å². The molecule has 0 aromatic heterocycles. The Balaban J connectivity index is 2.22. The van der Waals surface area contributed by atoms with Crippen LogP contribution >= 0.6 is 23.8 Å². The lowest BCUT2D eigenvalue weighted by molar-refractivity contribution is 0.0966. The van der Waals surface area contributed by atoms with E-state index in [4.69, 9.17) is 28.6 Å². The van der Waals surface area contributed by atoms with E-state index in [1.54, 1.807) is 0 Å². The van der Waals surface area contributed by atoms with Crippen molar-refractivity contribution in [3.8, 4) is 11.5 Å². The molecule has 0 radical (unpaired) electrons. The number of amides is 1. The van der Waals surface area contributed by atoms with Gasteiger partial charge < -0.3 is 14.8 Å². The smallest absolute Gasteiger partial charge is 0.263 e. The van der Waals surface area contributed by atoms with Gasteiger partial charge in [-0.05, 0) is 30.4 Å². The van der Waals surface area contributed by atoms with Crippen LogP contribution in [0.25, 0.3) is 0 Å². The molecule has 2 rings (SSSR count). The lowest BCUT2D eigenvalue weighted by Crippen LogP contribution is -2.35. The summed E-state index contributed by atoms with van der Waals surface area (Å²) in [7, 11) is 2.23. The fraction of sp³-hybridized carbons (Fsp3) is 0.125. The van der Waals surface area contributed by atoms with Crippen LogP contribution in [-0.4, -0.2) is 25.2 Å². The number of benzene rings is 2. The predicted octanol–water partition coefficient (Wildman–Crippen LogP) is 4.04. The first-order valence-corrected chi connectivity index (χ1v) is 7.85. The van der Waals surface area contributed by atoms with Gasteiger partial charge in [-0.1, -0.05) is 11.6 Å². The van der Waals surface area contributed by atoms with Crippen molar-refractivity contribution >= 4 is 40.5 Å². The largest absolute Gasteiger partial charge is 0.495 e. The Hall–Kier alpha value is -2.59. The van der Waals surface area contributed by atoms with Gasteiger partial charge in [-0.15, -0.1) is 0 Å². The summed E-state index contributed by atoms with van der Waals surface area (Å²) in [5.74, 6) is -9.93. The van der Waals surface area contributed by atoms with E-state index in [2.05, 4.69) is 10.1 Å². The Morgan fingerprint density at radius 2 is 1.63 bits per heavy atom. The molecule has 0 saturated heterocycles. The van der Waals surface area contributed by atoms with Gasteiger partial charge in [0.05, 0.1) is 19.2 Å². The number of halogens is 5. The number of hydrogen-bond acceptors (Lipinski definition) is 4. The minimum atomic E-state index is -1.92. The van der Waals surface area contributed by atoms with Gasteiger partial charge >= 0.3 is 0 Å². The van der Waals surface area contributed by atoms with Crippen LogP contribution in [0.15, 0.2) is 18.2 Å². The van der Waals surface area contributed by atoms with E-state index < -0.39 is 45.6 Å². The molecule has 0 spiro atoms. The SMILES string of the molecule is COc1ccc(NC(=S)NC(=O)c2c(F)c(F)c(OC)c(F)c2F)cc1Cl. The number of carbonyl (C=O) groups is 1. The Morgan fingerprint density at radius 1 is 1.04 bits per heavy atom. The van der Waals surface area contributed by atoms with Crippen LogP contribution in [0.4, 0.5) is 23.2 Å². The van der Waals surface area contributed by atoms with E-state index in [1.165, 1.54) is 25.3 Å². The van der Waals surface area contributed by atoms with Gasteiger partial charge in [-0.25, -0.2) is 8.78 Å². The van der Waals surface area contributed by atoms with Crippen molar-refractivity contribution in [1.82, 2.24) is 5.32 Å². The van der Waals surface area contributed by atoms with E-state index in [1.807, 2.05) is 5.32 Å². The molecule has 0 aliphatic rings. The molecule has 5 nitrogen and oxygen atoms in total. The second-order valence-electron chi connectivity index (χ2n) is 4.92. The number of ether oxygens (including phenoxy) is 2. The van der Waals surface area contributed by atoms with Crippen molar-refractivity contribution in [3.05, 3.63) is 52.1 Å². The summed E-state index contributed by atoms with van der Waals surface area (Å²) in [6, 6.07) is 4.41. The standard InChI is InChI=1S/C16H11ClF4N2O3S/c1-25-8-4-3-6(5-7(8)17)22-16(27)23-15(24)9-10(18)12(20)14(26-2)13(21)11(9)19/h3-5H,1-2H3,(H2,22,23,24,27). The third-order valence-corrected chi connectivity index (χ3v) is 3.79. The van der Waals surface area contributed by atoms with Gasteiger partial charge in [-0.3, -0.25) is 10.1 Å². The number of hydrogen-bond donors (Lipinski definition) is 2. The van der Waals surface area contributed by atoms with Gasteiger partial charge in [0.2, 0.25) is 11.6 Å². The maximum absolute atomic E-state index is 13.9. The van der Waals surface area contributed by atoms with Gasteiger partial charge in [0, 0.05) is 5.69 Å². The molecule has 0 aliphatic carbocycles. The Morgan fingerprint density at radius 3 is 2.11 bits per heavy atom. The number of nitrogens with one attached hydrogen (secondary N) is 2. The number of carbonyl (C=O) groups excluding carboxylic acids is 1. The molecule has 11 heteroatoms. The Bertz CT molecular complexity index is 898. The Kier molecular flexibility index (Phi) is 6.45. The molecule has 2 N–H and O–H groups in total. The first kappa shape index (κ1) is 20.7. The summed E-state index contributed by atoms with van der Waals surface area (Å²) in [6.07, 6.45) is 0. The molecule has 0 fully saturated rings. The molecule has 0 atom stereocenters. The van der Waals surface area contributed by atoms with E-state index in [-0.39, 0.29) is 5.02 Å². The van der Waals surface area contributed by atoms with Gasteiger partial charge in [0.15, 0.2) is 22.5 Å². The van der Waals surface area contributed by atoms with Crippen molar-refractivity contribution < 1.29 is 31.8 Å². The van der Waals surface area contributed by atoms with Crippen LogP contribution in [0.2, 0.25) is 5.02 Å². The summed E-state index contributed by atoms with van der Waals surface area (Å²) in [5, 5.41) is 4.28. The van der Waals surface area contributed by atoms with Crippen molar-refractivity contribution in [2.24, 2.45) is 0 Å². The van der Waals surface area contributed by atoms with Crippen molar-refractivity contribution in [3.63, 3.8) is 0 Å². The molecule has 0 aliphatic heterocycles. The minimum Gasteiger partial charge on any atom is -0.495 e. The molecule has 2 aromatic rings. The highest BCUT2D eigenvalue weighted by atomic mass is 35.5.